The monoisotopic (exact) mass is 423 g/mol. The molecule has 4 unspecified atom stereocenters. The Kier molecular flexibility index (Phi) is 4.66. The van der Waals surface area contributed by atoms with Crippen molar-refractivity contribution in [1.82, 2.24) is 5.06 Å². The maximum absolute atomic E-state index is 11.9. The van der Waals surface area contributed by atoms with Crippen LogP contribution in [0.5, 0.6) is 0 Å². The fraction of sp³-hybridized carbons (Fsp3) is 0.600. The van der Waals surface area contributed by atoms with E-state index in [1.165, 1.54) is 0 Å². The molecule has 0 N–H and O–H groups in total. The molecule has 112 valence electrons. The van der Waals surface area contributed by atoms with Gasteiger partial charge in [-0.15, -0.1) is 5.06 Å². The van der Waals surface area contributed by atoms with Crippen LogP contribution < -0.4 is 0 Å². The Bertz CT molecular complexity index is 428. The summed E-state index contributed by atoms with van der Waals surface area (Å²) in [7, 11) is 1.61. The zero-order valence-electron chi connectivity index (χ0n) is 9.96. The van der Waals surface area contributed by atoms with Crippen LogP contribution in [0.25, 0.3) is 0 Å². The van der Waals surface area contributed by atoms with Crippen LogP contribution in [0.4, 0.5) is 13.2 Å². The Morgan fingerprint density at radius 3 is 1.90 bits per heavy atom. The standard InChI is InChI=1S/C9H6F3NO3S.CH3IO/c10-9(11,12)17-16-13-7(14)5-3-1-2-4(3)6(5)8(13)15;1-3-2/h1-6H;1H3. The highest BCUT2D eigenvalue weighted by Crippen LogP contribution is 2.58. The van der Waals surface area contributed by atoms with Gasteiger partial charge in [0.25, 0.3) is 11.8 Å². The molecule has 1 saturated heterocycles. The summed E-state index contributed by atoms with van der Waals surface area (Å²) in [5, 5.41) is 0.257. The minimum atomic E-state index is -4.64. The normalized spacial score (nSPS) is 33.8. The van der Waals surface area contributed by atoms with Crippen LogP contribution in [0.3, 0.4) is 0 Å². The van der Waals surface area contributed by atoms with Gasteiger partial charge in [0.05, 0.1) is 11.8 Å². The van der Waals surface area contributed by atoms with E-state index in [2.05, 4.69) is 7.35 Å². The largest absolute Gasteiger partial charge is 0.470 e. The lowest BCUT2D eigenvalue weighted by Crippen LogP contribution is -2.50. The molecule has 1 saturated carbocycles. The van der Waals surface area contributed by atoms with E-state index < -0.39 is 41.2 Å². The van der Waals surface area contributed by atoms with Crippen LogP contribution in [-0.2, 0) is 16.9 Å². The molecule has 5 nitrogen and oxygen atoms in total. The van der Waals surface area contributed by atoms with Crippen molar-refractivity contribution in [2.45, 2.75) is 5.51 Å². The van der Waals surface area contributed by atoms with Crippen LogP contribution in [0, 0.1) is 23.7 Å². The molecule has 2 amide bonds. The van der Waals surface area contributed by atoms with Crippen molar-refractivity contribution in [3.63, 3.8) is 0 Å². The first-order chi connectivity index (χ1) is 9.31. The minimum Gasteiger partial charge on any atom is -0.319 e. The van der Waals surface area contributed by atoms with Crippen LogP contribution >= 0.6 is 35.0 Å². The second kappa shape index (κ2) is 5.81. The number of rotatable bonds is 2. The lowest BCUT2D eigenvalue weighted by molar-refractivity contribution is -0.164. The third-order valence-corrected chi connectivity index (χ3v) is 3.81. The molecular formula is C10H9F3INO4S. The Labute approximate surface area is 130 Å². The molecule has 1 aliphatic heterocycles. The number of hydrogen-bond donors (Lipinski definition) is 0. The third-order valence-electron chi connectivity index (χ3n) is 3.39. The second-order valence-corrected chi connectivity index (χ2v) is 5.98. The highest BCUT2D eigenvalue weighted by atomic mass is 127. The number of amides is 2. The van der Waals surface area contributed by atoms with Gasteiger partial charge < -0.3 is 3.07 Å². The number of alkyl halides is 3. The van der Waals surface area contributed by atoms with E-state index in [0.717, 1.165) is 0 Å². The van der Waals surface area contributed by atoms with Gasteiger partial charge in [0.15, 0.2) is 0 Å². The van der Waals surface area contributed by atoms with Crippen molar-refractivity contribution in [3.8, 4) is 0 Å². The maximum atomic E-state index is 11.9. The van der Waals surface area contributed by atoms with Crippen molar-refractivity contribution in [1.29, 1.82) is 0 Å². The number of nitrogens with zero attached hydrogens (tertiary/aromatic N) is 1. The number of carbonyl (C=O) groups excluding carboxylic acids is 2. The highest BCUT2D eigenvalue weighted by Gasteiger charge is 2.66. The molecule has 0 aromatic rings. The van der Waals surface area contributed by atoms with Gasteiger partial charge in [0.2, 0.25) is 0 Å². The number of imide groups is 1. The molecule has 0 aromatic heterocycles. The van der Waals surface area contributed by atoms with Gasteiger partial charge in [-0.3, -0.25) is 9.59 Å². The second-order valence-electron chi connectivity index (χ2n) is 4.32. The number of halogens is 4. The fourth-order valence-electron chi connectivity index (χ4n) is 2.59. The zero-order valence-corrected chi connectivity index (χ0v) is 12.9. The molecule has 1 heterocycles. The van der Waals surface area contributed by atoms with Crippen molar-refractivity contribution < 1.29 is 30.1 Å². The van der Waals surface area contributed by atoms with Gasteiger partial charge in [-0.1, -0.05) is 12.2 Å². The van der Waals surface area contributed by atoms with E-state index in [-0.39, 0.29) is 16.9 Å². The number of hydroxylamine groups is 2. The van der Waals surface area contributed by atoms with Crippen LogP contribution in [-0.4, -0.2) is 29.5 Å². The Balaban J connectivity index is 0.000000452. The van der Waals surface area contributed by atoms with E-state index in [1.807, 2.05) is 0 Å². The lowest BCUT2D eigenvalue weighted by atomic mass is 9.52. The Morgan fingerprint density at radius 2 is 1.60 bits per heavy atom. The van der Waals surface area contributed by atoms with Crippen molar-refractivity contribution >= 4 is 46.9 Å². The SMILES string of the molecule is COI.O=C1C2C3C=CC3C2C(=O)N1OSC(F)(F)F. The first kappa shape index (κ1) is 16.0. The zero-order chi connectivity index (χ0) is 15.1. The van der Waals surface area contributed by atoms with E-state index >= 15 is 0 Å². The number of carbonyl (C=O) groups is 2. The van der Waals surface area contributed by atoms with Gasteiger partial charge in [-0.2, -0.15) is 17.5 Å². The Morgan fingerprint density at radius 1 is 1.20 bits per heavy atom. The van der Waals surface area contributed by atoms with E-state index in [9.17, 15) is 22.8 Å². The molecule has 2 aliphatic carbocycles. The summed E-state index contributed by atoms with van der Waals surface area (Å²) in [6.45, 7) is 0. The summed E-state index contributed by atoms with van der Waals surface area (Å²) < 4.78 is 44.2. The van der Waals surface area contributed by atoms with Gasteiger partial charge >= 0.3 is 5.51 Å². The molecule has 3 rings (SSSR count). The van der Waals surface area contributed by atoms with Crippen LogP contribution in [0.1, 0.15) is 0 Å². The van der Waals surface area contributed by atoms with Crippen LogP contribution in [0.2, 0.25) is 0 Å². The predicted molar refractivity (Wildman–Crippen MR) is 70.7 cm³/mol. The lowest BCUT2D eigenvalue weighted by Gasteiger charge is -2.47. The van der Waals surface area contributed by atoms with Crippen LogP contribution in [0.15, 0.2) is 12.2 Å². The van der Waals surface area contributed by atoms with E-state index in [1.54, 1.807) is 42.3 Å². The summed E-state index contributed by atoms with van der Waals surface area (Å²) in [6.07, 6.45) is 3.61. The summed E-state index contributed by atoms with van der Waals surface area (Å²) in [5.74, 6) is -2.37. The summed E-state index contributed by atoms with van der Waals surface area (Å²) in [6, 6.07) is 0. The van der Waals surface area contributed by atoms with E-state index in [4.69, 9.17) is 0 Å². The highest BCUT2D eigenvalue weighted by molar-refractivity contribution is 14.1. The maximum Gasteiger partial charge on any atom is 0.470 e. The molecule has 3 aliphatic rings. The van der Waals surface area contributed by atoms with Gasteiger partial charge in [0, 0.05) is 7.11 Å². The third kappa shape index (κ3) is 2.70. The Hall–Kier alpha value is -0.330. The molecule has 20 heavy (non-hydrogen) atoms. The summed E-state index contributed by atoms with van der Waals surface area (Å²) in [4.78, 5) is 23.3. The average molecular weight is 423 g/mol. The van der Waals surface area contributed by atoms with E-state index in [0.29, 0.717) is 0 Å². The van der Waals surface area contributed by atoms with Crippen molar-refractivity contribution in [2.24, 2.45) is 23.7 Å². The molecule has 0 bridgehead atoms. The quantitative estimate of drug-likeness (QED) is 0.296. The van der Waals surface area contributed by atoms with Gasteiger partial charge in [0.1, 0.15) is 35.0 Å². The summed E-state index contributed by atoms with van der Waals surface area (Å²) in [5.41, 5.74) is -4.64. The number of hydrogen-bond acceptors (Lipinski definition) is 5. The fourth-order valence-corrected chi connectivity index (χ4v) is 2.89. The molecule has 0 aromatic carbocycles. The van der Waals surface area contributed by atoms with Gasteiger partial charge in [-0.05, 0) is 11.8 Å². The first-order valence-corrected chi connectivity index (χ1v) is 7.07. The molecule has 0 spiro atoms. The van der Waals surface area contributed by atoms with Crippen molar-refractivity contribution in [3.05, 3.63) is 12.2 Å². The topological polar surface area (TPSA) is 55.8 Å². The molecular weight excluding hydrogens is 414 g/mol. The molecule has 2 fully saturated rings. The molecule has 4 atom stereocenters. The molecule has 10 heteroatoms. The summed E-state index contributed by atoms with van der Waals surface area (Å²) >= 11 is 0.945. The van der Waals surface area contributed by atoms with Crippen molar-refractivity contribution in [2.75, 3.05) is 7.11 Å². The predicted octanol–water partition coefficient (Wildman–Crippen LogP) is 2.49. The molecule has 0 radical (unpaired) electrons. The average Bonchev–Trinajstić information content (AvgIpc) is 2.49. The van der Waals surface area contributed by atoms with Gasteiger partial charge in [-0.25, -0.2) is 0 Å². The number of fused-ring (bicyclic) bond motifs is 4. The smallest absolute Gasteiger partial charge is 0.319 e. The first-order valence-electron chi connectivity index (χ1n) is 5.45. The minimum absolute atomic E-state index is 0.000867. The number of allylic oxidation sites excluding steroid dienone is 2.